The van der Waals surface area contributed by atoms with Crippen molar-refractivity contribution in [3.63, 3.8) is 0 Å². The van der Waals surface area contributed by atoms with Crippen LogP contribution in [0.1, 0.15) is 37.5 Å². The predicted molar refractivity (Wildman–Crippen MR) is 71.6 cm³/mol. The topological polar surface area (TPSA) is 26.0 Å². The minimum Gasteiger partial charge on any atom is -0.327 e. The Morgan fingerprint density at radius 3 is 2.31 bits per heavy atom. The molecule has 0 aromatic heterocycles. The molecule has 1 nitrogen and oxygen atoms in total. The molecule has 1 aromatic rings. The number of rotatable bonds is 4. The lowest BCUT2D eigenvalue weighted by Gasteiger charge is -2.24. The highest BCUT2D eigenvalue weighted by Gasteiger charge is 2.17. The molecule has 0 fully saturated rings. The Hall–Kier alpha value is -0.820. The fraction of sp³-hybridized carbons (Fsp3) is 0.600. The maximum Gasteiger partial charge on any atom is 0.0108 e. The molecule has 0 aliphatic carbocycles. The van der Waals surface area contributed by atoms with Crippen molar-refractivity contribution >= 4 is 0 Å². The molecule has 1 heteroatoms. The van der Waals surface area contributed by atoms with E-state index in [0.717, 1.165) is 6.42 Å². The third-order valence-electron chi connectivity index (χ3n) is 3.69. The standard InChI is InChI=1S/C15H25N/c1-10(2)13(5)15(16)9-14-8-11(3)6-7-12(14)4/h6-8,10,13,15H,9,16H2,1-5H3. The molecule has 2 unspecified atom stereocenters. The Morgan fingerprint density at radius 1 is 1.12 bits per heavy atom. The molecule has 2 atom stereocenters. The molecule has 0 bridgehead atoms. The molecule has 1 aromatic carbocycles. The van der Waals surface area contributed by atoms with E-state index in [0.29, 0.717) is 11.8 Å². The summed E-state index contributed by atoms with van der Waals surface area (Å²) in [6.45, 7) is 11.0. The van der Waals surface area contributed by atoms with Crippen LogP contribution in [0, 0.1) is 25.7 Å². The second-order valence-electron chi connectivity index (χ2n) is 5.40. The van der Waals surface area contributed by atoms with Gasteiger partial charge in [-0.1, -0.05) is 44.5 Å². The number of nitrogens with two attached hydrogens (primary N) is 1. The minimum absolute atomic E-state index is 0.264. The van der Waals surface area contributed by atoms with Gasteiger partial charge in [0.15, 0.2) is 0 Å². The molecule has 16 heavy (non-hydrogen) atoms. The number of hydrogen-bond donors (Lipinski definition) is 1. The van der Waals surface area contributed by atoms with Crippen LogP contribution in [0.4, 0.5) is 0 Å². The third kappa shape index (κ3) is 3.34. The average Bonchev–Trinajstić information content (AvgIpc) is 2.22. The fourth-order valence-corrected chi connectivity index (χ4v) is 1.95. The molecule has 2 N–H and O–H groups in total. The predicted octanol–water partition coefficient (Wildman–Crippen LogP) is 3.47. The largest absolute Gasteiger partial charge is 0.327 e. The zero-order valence-corrected chi connectivity index (χ0v) is 11.2. The summed E-state index contributed by atoms with van der Waals surface area (Å²) in [6.07, 6.45) is 0.993. The second kappa shape index (κ2) is 5.49. The van der Waals surface area contributed by atoms with Crippen molar-refractivity contribution in [2.24, 2.45) is 17.6 Å². The summed E-state index contributed by atoms with van der Waals surface area (Å²) >= 11 is 0. The van der Waals surface area contributed by atoms with Gasteiger partial charge in [-0.15, -0.1) is 0 Å². The Kier molecular flexibility index (Phi) is 4.55. The van der Waals surface area contributed by atoms with Crippen LogP contribution < -0.4 is 5.73 Å². The van der Waals surface area contributed by atoms with Gasteiger partial charge in [0.1, 0.15) is 0 Å². The van der Waals surface area contributed by atoms with Crippen molar-refractivity contribution in [2.75, 3.05) is 0 Å². The van der Waals surface area contributed by atoms with E-state index in [9.17, 15) is 0 Å². The van der Waals surface area contributed by atoms with Crippen molar-refractivity contribution in [3.05, 3.63) is 34.9 Å². The van der Waals surface area contributed by atoms with E-state index in [1.54, 1.807) is 0 Å². The van der Waals surface area contributed by atoms with Gasteiger partial charge >= 0.3 is 0 Å². The number of aryl methyl sites for hydroxylation is 2. The van der Waals surface area contributed by atoms with Crippen molar-refractivity contribution in [2.45, 2.75) is 47.1 Å². The summed E-state index contributed by atoms with van der Waals surface area (Å²) in [5.74, 6) is 1.22. The average molecular weight is 219 g/mol. The van der Waals surface area contributed by atoms with E-state index < -0.39 is 0 Å². The summed E-state index contributed by atoms with van der Waals surface area (Å²) in [5, 5.41) is 0. The van der Waals surface area contributed by atoms with Gasteiger partial charge in [0.25, 0.3) is 0 Å². The first-order chi connectivity index (χ1) is 7.41. The van der Waals surface area contributed by atoms with Crippen LogP contribution >= 0.6 is 0 Å². The molecular weight excluding hydrogens is 194 g/mol. The Morgan fingerprint density at radius 2 is 1.75 bits per heavy atom. The summed E-state index contributed by atoms with van der Waals surface area (Å²) in [4.78, 5) is 0. The van der Waals surface area contributed by atoms with Crippen LogP contribution in [-0.2, 0) is 6.42 Å². The van der Waals surface area contributed by atoms with Gasteiger partial charge in [0.2, 0.25) is 0 Å². The van der Waals surface area contributed by atoms with Crippen LogP contribution in [0.15, 0.2) is 18.2 Å². The van der Waals surface area contributed by atoms with Gasteiger partial charge in [-0.2, -0.15) is 0 Å². The van der Waals surface area contributed by atoms with Crippen LogP contribution in [0.25, 0.3) is 0 Å². The van der Waals surface area contributed by atoms with Crippen LogP contribution in [0.5, 0.6) is 0 Å². The zero-order valence-electron chi connectivity index (χ0n) is 11.2. The van der Waals surface area contributed by atoms with E-state index in [1.165, 1.54) is 16.7 Å². The lowest BCUT2D eigenvalue weighted by molar-refractivity contribution is 0.344. The lowest BCUT2D eigenvalue weighted by Crippen LogP contribution is -2.33. The van der Waals surface area contributed by atoms with E-state index in [1.807, 2.05) is 0 Å². The van der Waals surface area contributed by atoms with Crippen molar-refractivity contribution in [3.8, 4) is 0 Å². The van der Waals surface area contributed by atoms with Crippen LogP contribution in [0.2, 0.25) is 0 Å². The van der Waals surface area contributed by atoms with E-state index in [2.05, 4.69) is 52.8 Å². The third-order valence-corrected chi connectivity index (χ3v) is 3.69. The van der Waals surface area contributed by atoms with Crippen LogP contribution in [0.3, 0.4) is 0 Å². The minimum atomic E-state index is 0.264. The van der Waals surface area contributed by atoms with E-state index >= 15 is 0 Å². The van der Waals surface area contributed by atoms with Gasteiger partial charge in [0, 0.05) is 6.04 Å². The molecular formula is C15H25N. The van der Waals surface area contributed by atoms with Crippen molar-refractivity contribution in [1.82, 2.24) is 0 Å². The van der Waals surface area contributed by atoms with Crippen molar-refractivity contribution < 1.29 is 0 Å². The Balaban J connectivity index is 2.76. The SMILES string of the molecule is Cc1ccc(C)c(CC(N)C(C)C(C)C)c1. The zero-order chi connectivity index (χ0) is 12.3. The molecule has 0 saturated heterocycles. The summed E-state index contributed by atoms with van der Waals surface area (Å²) < 4.78 is 0. The van der Waals surface area contributed by atoms with Gasteiger partial charge in [0.05, 0.1) is 0 Å². The first-order valence-corrected chi connectivity index (χ1v) is 6.23. The molecule has 0 aliphatic rings. The van der Waals surface area contributed by atoms with Gasteiger partial charge in [-0.25, -0.2) is 0 Å². The number of benzene rings is 1. The Bertz CT molecular complexity index is 341. The van der Waals surface area contributed by atoms with Crippen LogP contribution in [-0.4, -0.2) is 6.04 Å². The molecule has 0 saturated carbocycles. The quantitative estimate of drug-likeness (QED) is 0.824. The van der Waals surface area contributed by atoms with Crippen molar-refractivity contribution in [1.29, 1.82) is 0 Å². The molecule has 0 spiro atoms. The molecule has 0 radical (unpaired) electrons. The van der Waals surface area contributed by atoms with Gasteiger partial charge in [-0.3, -0.25) is 0 Å². The smallest absolute Gasteiger partial charge is 0.0108 e. The lowest BCUT2D eigenvalue weighted by atomic mass is 9.86. The van der Waals surface area contributed by atoms with E-state index in [4.69, 9.17) is 5.73 Å². The second-order valence-corrected chi connectivity index (χ2v) is 5.40. The monoisotopic (exact) mass is 219 g/mol. The highest BCUT2D eigenvalue weighted by Crippen LogP contribution is 2.19. The normalized spacial score (nSPS) is 15.2. The maximum atomic E-state index is 6.27. The van der Waals surface area contributed by atoms with E-state index in [-0.39, 0.29) is 6.04 Å². The van der Waals surface area contributed by atoms with Gasteiger partial charge in [-0.05, 0) is 43.2 Å². The maximum absolute atomic E-state index is 6.27. The molecule has 1 rings (SSSR count). The van der Waals surface area contributed by atoms with Gasteiger partial charge < -0.3 is 5.73 Å². The summed E-state index contributed by atoms with van der Waals surface area (Å²) in [6, 6.07) is 6.89. The number of hydrogen-bond acceptors (Lipinski definition) is 1. The summed E-state index contributed by atoms with van der Waals surface area (Å²) in [7, 11) is 0. The fourth-order valence-electron chi connectivity index (χ4n) is 1.95. The molecule has 90 valence electrons. The highest BCUT2D eigenvalue weighted by molar-refractivity contribution is 5.31. The first-order valence-electron chi connectivity index (χ1n) is 6.23. The molecule has 0 heterocycles. The Labute approximate surface area is 100 Å². The molecule has 0 amide bonds. The highest BCUT2D eigenvalue weighted by atomic mass is 14.6. The molecule has 0 aliphatic heterocycles. The first kappa shape index (κ1) is 13.2. The summed E-state index contributed by atoms with van der Waals surface area (Å²) in [5.41, 5.74) is 10.4.